The van der Waals surface area contributed by atoms with Crippen LogP contribution in [-0.4, -0.2) is 47.4 Å². The Morgan fingerprint density at radius 2 is 2.03 bits per heavy atom. The number of hydrogen-bond acceptors (Lipinski definition) is 9. The highest BCUT2D eigenvalue weighted by Gasteiger charge is 2.14. The number of carbonyl (C=O) groups excluding carboxylic acids is 1. The normalized spacial score (nSPS) is 11.1. The Bertz CT molecular complexity index is 1150. The molecule has 12 heteroatoms. The fourth-order valence-corrected chi connectivity index (χ4v) is 4.99. The number of rotatable bonds is 7. The maximum atomic E-state index is 12.3. The van der Waals surface area contributed by atoms with E-state index in [2.05, 4.69) is 30.6 Å². The molecule has 0 fully saturated rings. The van der Waals surface area contributed by atoms with E-state index in [0.717, 1.165) is 21.2 Å². The third kappa shape index (κ3) is 4.69. The minimum Gasteiger partial charge on any atom is -0.300 e. The van der Waals surface area contributed by atoms with E-state index in [1.807, 2.05) is 19.1 Å². The Hall–Kier alpha value is -2.21. The second-order valence-electron chi connectivity index (χ2n) is 5.59. The fourth-order valence-electron chi connectivity index (χ4n) is 2.44. The molecule has 148 valence electrons. The number of nitrogens with one attached hydrogen (secondary N) is 1. The number of carbonyl (C=O) groups is 1. The zero-order valence-electron chi connectivity index (χ0n) is 15.1. The van der Waals surface area contributed by atoms with Gasteiger partial charge in [0, 0.05) is 5.02 Å². The van der Waals surface area contributed by atoms with Gasteiger partial charge < -0.3 is 0 Å². The standard InChI is InChI=1S/C17H14ClN7OS3/c1-2-27-17-24-23-16(29-17)22-13(26)8-28-15-12-7-21-25(14(12)19-9-20-15)11-5-3-10(18)4-6-11/h3-7,9H,2,8H2,1H3,(H,22,23,26). The van der Waals surface area contributed by atoms with Gasteiger partial charge >= 0.3 is 0 Å². The Balaban J connectivity index is 1.46. The van der Waals surface area contributed by atoms with Gasteiger partial charge in [-0.1, -0.05) is 53.4 Å². The molecule has 1 amide bonds. The quantitative estimate of drug-likeness (QED) is 0.248. The molecule has 0 aliphatic heterocycles. The van der Waals surface area contributed by atoms with E-state index in [-0.39, 0.29) is 11.7 Å². The summed E-state index contributed by atoms with van der Waals surface area (Å²) in [6.45, 7) is 2.04. The smallest absolute Gasteiger partial charge is 0.236 e. The van der Waals surface area contributed by atoms with Gasteiger partial charge in [0.1, 0.15) is 11.4 Å². The van der Waals surface area contributed by atoms with E-state index in [1.165, 1.54) is 29.4 Å². The van der Waals surface area contributed by atoms with Gasteiger partial charge in [-0.05, 0) is 30.0 Å². The maximum Gasteiger partial charge on any atom is 0.236 e. The Labute approximate surface area is 183 Å². The summed E-state index contributed by atoms with van der Waals surface area (Å²) in [7, 11) is 0. The van der Waals surface area contributed by atoms with Gasteiger partial charge in [0.05, 0.1) is 23.0 Å². The first-order valence-corrected chi connectivity index (χ1v) is 11.6. The number of hydrogen-bond donors (Lipinski definition) is 1. The zero-order valence-corrected chi connectivity index (χ0v) is 18.3. The molecule has 0 unspecified atom stereocenters. The number of aromatic nitrogens is 6. The van der Waals surface area contributed by atoms with Crippen LogP contribution in [0.5, 0.6) is 0 Å². The third-order valence-electron chi connectivity index (χ3n) is 3.66. The van der Waals surface area contributed by atoms with Gasteiger partial charge in [-0.25, -0.2) is 14.6 Å². The molecular weight excluding hydrogens is 450 g/mol. The summed E-state index contributed by atoms with van der Waals surface area (Å²) in [4.78, 5) is 20.9. The molecule has 0 atom stereocenters. The van der Waals surface area contributed by atoms with Crippen molar-refractivity contribution in [3.05, 3.63) is 41.8 Å². The molecule has 0 aliphatic carbocycles. The average Bonchev–Trinajstić information content (AvgIpc) is 3.34. The molecule has 4 aromatic rings. The van der Waals surface area contributed by atoms with Crippen LogP contribution in [0.3, 0.4) is 0 Å². The molecule has 0 spiro atoms. The highest BCUT2D eigenvalue weighted by molar-refractivity contribution is 8.01. The summed E-state index contributed by atoms with van der Waals surface area (Å²) in [5, 5.41) is 17.8. The van der Waals surface area contributed by atoms with E-state index in [4.69, 9.17) is 11.6 Å². The van der Waals surface area contributed by atoms with Crippen LogP contribution in [0.15, 0.2) is 46.2 Å². The first-order chi connectivity index (χ1) is 14.1. The molecule has 0 aliphatic rings. The second kappa shape index (κ2) is 9.08. The van der Waals surface area contributed by atoms with E-state index in [1.54, 1.807) is 34.8 Å². The topological polar surface area (TPSA) is 98.5 Å². The van der Waals surface area contributed by atoms with Gasteiger partial charge in [-0.3, -0.25) is 10.1 Å². The van der Waals surface area contributed by atoms with Crippen LogP contribution in [0, 0.1) is 0 Å². The Kier molecular flexibility index (Phi) is 6.28. The lowest BCUT2D eigenvalue weighted by Crippen LogP contribution is -2.14. The van der Waals surface area contributed by atoms with Crippen molar-refractivity contribution in [2.75, 3.05) is 16.8 Å². The second-order valence-corrected chi connectivity index (χ2v) is 9.48. The summed E-state index contributed by atoms with van der Waals surface area (Å²) < 4.78 is 2.55. The van der Waals surface area contributed by atoms with Crippen LogP contribution < -0.4 is 5.32 Å². The molecule has 3 aromatic heterocycles. The van der Waals surface area contributed by atoms with E-state index in [0.29, 0.717) is 20.8 Å². The molecule has 8 nitrogen and oxygen atoms in total. The van der Waals surface area contributed by atoms with E-state index >= 15 is 0 Å². The Morgan fingerprint density at radius 3 is 2.83 bits per heavy atom. The number of fused-ring (bicyclic) bond motifs is 1. The number of thioether (sulfide) groups is 2. The molecule has 0 saturated heterocycles. The minimum absolute atomic E-state index is 0.170. The van der Waals surface area contributed by atoms with Gasteiger partial charge in [0.25, 0.3) is 0 Å². The number of amides is 1. The van der Waals surface area contributed by atoms with Crippen LogP contribution in [0.25, 0.3) is 16.7 Å². The summed E-state index contributed by atoms with van der Waals surface area (Å²) >= 11 is 10.2. The maximum absolute atomic E-state index is 12.3. The third-order valence-corrected chi connectivity index (χ3v) is 6.77. The van der Waals surface area contributed by atoms with Crippen molar-refractivity contribution in [3.63, 3.8) is 0 Å². The summed E-state index contributed by atoms with van der Waals surface area (Å²) in [6.07, 6.45) is 3.17. The highest BCUT2D eigenvalue weighted by Crippen LogP contribution is 2.27. The van der Waals surface area contributed by atoms with Crippen LogP contribution in [0.2, 0.25) is 5.02 Å². The van der Waals surface area contributed by atoms with Crippen LogP contribution in [0.4, 0.5) is 5.13 Å². The zero-order chi connectivity index (χ0) is 20.2. The average molecular weight is 464 g/mol. The molecule has 3 heterocycles. The number of benzene rings is 1. The van der Waals surface area contributed by atoms with Crippen LogP contribution >= 0.6 is 46.5 Å². The monoisotopic (exact) mass is 463 g/mol. The van der Waals surface area contributed by atoms with Gasteiger partial charge in [-0.2, -0.15) is 5.10 Å². The first-order valence-electron chi connectivity index (χ1n) is 8.47. The molecule has 0 saturated carbocycles. The van der Waals surface area contributed by atoms with Crippen LogP contribution in [-0.2, 0) is 4.79 Å². The predicted octanol–water partition coefficient (Wildman–Crippen LogP) is 4.16. The van der Waals surface area contributed by atoms with Gasteiger partial charge in [0.15, 0.2) is 9.99 Å². The van der Waals surface area contributed by atoms with Gasteiger partial charge in [-0.15, -0.1) is 10.2 Å². The van der Waals surface area contributed by atoms with Crippen molar-refractivity contribution < 1.29 is 4.79 Å². The molecular formula is C17H14ClN7OS3. The molecule has 0 bridgehead atoms. The molecule has 0 radical (unpaired) electrons. The molecule has 1 aromatic carbocycles. The minimum atomic E-state index is -0.170. The van der Waals surface area contributed by atoms with E-state index < -0.39 is 0 Å². The molecule has 29 heavy (non-hydrogen) atoms. The fraction of sp³-hybridized carbons (Fsp3) is 0.176. The summed E-state index contributed by atoms with van der Waals surface area (Å²) in [5.41, 5.74) is 1.50. The van der Waals surface area contributed by atoms with E-state index in [9.17, 15) is 4.79 Å². The summed E-state index contributed by atoms with van der Waals surface area (Å²) in [6, 6.07) is 7.32. The lowest BCUT2D eigenvalue weighted by atomic mass is 10.3. The molecule has 4 rings (SSSR count). The summed E-state index contributed by atoms with van der Waals surface area (Å²) in [5.74, 6) is 0.927. The highest BCUT2D eigenvalue weighted by atomic mass is 35.5. The van der Waals surface area contributed by atoms with Crippen LogP contribution in [0.1, 0.15) is 6.92 Å². The van der Waals surface area contributed by atoms with Gasteiger partial charge in [0.2, 0.25) is 11.0 Å². The van der Waals surface area contributed by atoms with Crippen molar-refractivity contribution in [1.29, 1.82) is 0 Å². The van der Waals surface area contributed by atoms with Crippen molar-refractivity contribution >= 4 is 68.5 Å². The van der Waals surface area contributed by atoms with Crippen molar-refractivity contribution in [2.24, 2.45) is 0 Å². The number of halogens is 1. The predicted molar refractivity (Wildman–Crippen MR) is 117 cm³/mol. The van der Waals surface area contributed by atoms with Crippen molar-refractivity contribution in [1.82, 2.24) is 29.9 Å². The largest absolute Gasteiger partial charge is 0.300 e. The Morgan fingerprint density at radius 1 is 1.21 bits per heavy atom. The lowest BCUT2D eigenvalue weighted by Gasteiger charge is -2.04. The number of anilines is 1. The molecule has 1 N–H and O–H groups in total. The SMILES string of the molecule is CCSc1nnc(NC(=O)CSc2ncnc3c2cnn3-c2ccc(Cl)cc2)s1. The van der Waals surface area contributed by atoms with Crippen molar-refractivity contribution in [3.8, 4) is 5.69 Å². The lowest BCUT2D eigenvalue weighted by molar-refractivity contribution is -0.113. The number of nitrogens with zero attached hydrogens (tertiary/aromatic N) is 6. The first kappa shape index (κ1) is 20.1. The van der Waals surface area contributed by atoms with Crippen molar-refractivity contribution in [2.45, 2.75) is 16.3 Å².